The Balaban J connectivity index is 0.000000391. The van der Waals surface area contributed by atoms with Crippen LogP contribution in [0.4, 0.5) is 11.4 Å². The van der Waals surface area contributed by atoms with Crippen LogP contribution in [0.1, 0.15) is 30.1 Å². The molecule has 1 unspecified atom stereocenters. The SMILES string of the molecule is C1CCNC1.CC1Sc2ccc(C(=O)Nc3cccc(S)c3)cc2N(C)C1=O. The van der Waals surface area contributed by atoms with Gasteiger partial charge in [-0.15, -0.1) is 24.4 Å². The number of hydrogen-bond donors (Lipinski definition) is 3. The van der Waals surface area contributed by atoms with E-state index < -0.39 is 0 Å². The number of anilines is 2. The number of carbonyl (C=O) groups is 2. The van der Waals surface area contributed by atoms with Crippen LogP contribution in [-0.4, -0.2) is 37.2 Å². The first-order valence-corrected chi connectivity index (χ1v) is 10.7. The molecule has 5 nitrogen and oxygen atoms in total. The largest absolute Gasteiger partial charge is 0.322 e. The number of rotatable bonds is 2. The Bertz CT molecular complexity index is 861. The number of hydrogen-bond acceptors (Lipinski definition) is 5. The summed E-state index contributed by atoms with van der Waals surface area (Å²) in [7, 11) is 1.74. The van der Waals surface area contributed by atoms with Crippen molar-refractivity contribution in [1.82, 2.24) is 5.32 Å². The van der Waals surface area contributed by atoms with E-state index in [0.717, 1.165) is 15.5 Å². The Labute approximate surface area is 175 Å². The lowest BCUT2D eigenvalue weighted by Gasteiger charge is -2.29. The molecule has 28 heavy (non-hydrogen) atoms. The Morgan fingerprint density at radius 2 is 1.96 bits per heavy atom. The van der Waals surface area contributed by atoms with Gasteiger partial charge < -0.3 is 15.5 Å². The van der Waals surface area contributed by atoms with E-state index in [0.29, 0.717) is 11.3 Å². The fourth-order valence-electron chi connectivity index (χ4n) is 3.06. The van der Waals surface area contributed by atoms with Crippen LogP contribution in [0.15, 0.2) is 52.3 Å². The van der Waals surface area contributed by atoms with Gasteiger partial charge in [0, 0.05) is 28.1 Å². The van der Waals surface area contributed by atoms with E-state index in [9.17, 15) is 9.59 Å². The standard InChI is InChI=1S/C17H16N2O2S2.C4H9N/c1-10-17(21)19(2)14-8-11(6-7-15(14)23-10)16(20)18-12-4-3-5-13(22)9-12;1-2-4-5-3-1/h3-10,22H,1-2H3,(H,18,20);5H,1-4H2. The minimum absolute atomic E-state index is 0.0443. The third-order valence-electron chi connectivity index (χ3n) is 4.63. The smallest absolute Gasteiger partial charge is 0.255 e. The summed E-state index contributed by atoms with van der Waals surface area (Å²) in [5, 5.41) is 5.96. The molecule has 2 aliphatic heterocycles. The van der Waals surface area contributed by atoms with Crippen LogP contribution < -0.4 is 15.5 Å². The van der Waals surface area contributed by atoms with Crippen LogP contribution in [0.2, 0.25) is 0 Å². The molecule has 0 saturated carbocycles. The Kier molecular flexibility index (Phi) is 7.04. The van der Waals surface area contributed by atoms with Crippen molar-refractivity contribution in [2.45, 2.75) is 34.8 Å². The average Bonchev–Trinajstić information content (AvgIpc) is 3.26. The topological polar surface area (TPSA) is 61.4 Å². The normalized spacial score (nSPS) is 18.2. The quantitative estimate of drug-likeness (QED) is 0.648. The maximum Gasteiger partial charge on any atom is 0.255 e. The van der Waals surface area contributed by atoms with Crippen molar-refractivity contribution in [1.29, 1.82) is 0 Å². The van der Waals surface area contributed by atoms with Crippen LogP contribution in [-0.2, 0) is 4.79 Å². The Hall–Kier alpha value is -1.96. The third kappa shape index (κ3) is 5.10. The molecular formula is C21H25N3O2S2. The van der Waals surface area contributed by atoms with E-state index in [1.54, 1.807) is 30.1 Å². The van der Waals surface area contributed by atoms with Gasteiger partial charge in [-0.1, -0.05) is 6.07 Å². The van der Waals surface area contributed by atoms with Gasteiger partial charge in [0.05, 0.1) is 10.9 Å². The first-order chi connectivity index (χ1) is 13.5. The fraction of sp³-hybridized carbons (Fsp3) is 0.333. The van der Waals surface area contributed by atoms with Crippen molar-refractivity contribution in [2.75, 3.05) is 30.4 Å². The van der Waals surface area contributed by atoms with Crippen LogP contribution in [0.5, 0.6) is 0 Å². The fourth-order valence-corrected chi connectivity index (χ4v) is 4.39. The van der Waals surface area contributed by atoms with Crippen molar-refractivity contribution >= 4 is 47.6 Å². The minimum Gasteiger partial charge on any atom is -0.322 e. The molecule has 2 N–H and O–H groups in total. The van der Waals surface area contributed by atoms with Gasteiger partial charge in [0.2, 0.25) is 5.91 Å². The molecule has 1 fully saturated rings. The number of thioether (sulfide) groups is 1. The molecule has 2 aromatic rings. The first kappa shape index (κ1) is 20.8. The lowest BCUT2D eigenvalue weighted by molar-refractivity contribution is -0.117. The second-order valence-electron chi connectivity index (χ2n) is 6.80. The molecule has 0 radical (unpaired) electrons. The minimum atomic E-state index is -0.212. The number of fused-ring (bicyclic) bond motifs is 1. The summed E-state index contributed by atoms with van der Waals surface area (Å²) in [4.78, 5) is 27.9. The molecule has 4 rings (SSSR count). The molecule has 0 bridgehead atoms. The van der Waals surface area contributed by atoms with Crippen molar-refractivity contribution in [2.24, 2.45) is 0 Å². The molecule has 2 aromatic carbocycles. The van der Waals surface area contributed by atoms with Crippen LogP contribution in [0, 0.1) is 0 Å². The monoisotopic (exact) mass is 415 g/mol. The third-order valence-corrected chi connectivity index (χ3v) is 6.06. The highest BCUT2D eigenvalue weighted by atomic mass is 32.2. The van der Waals surface area contributed by atoms with Crippen LogP contribution >= 0.6 is 24.4 Å². The molecule has 1 saturated heterocycles. The molecule has 2 aliphatic rings. The molecular weight excluding hydrogens is 390 g/mol. The maximum atomic E-state index is 12.4. The first-order valence-electron chi connectivity index (χ1n) is 9.35. The predicted octanol–water partition coefficient (Wildman–Crippen LogP) is 4.05. The maximum absolute atomic E-state index is 12.4. The van der Waals surface area contributed by atoms with Crippen LogP contribution in [0.3, 0.4) is 0 Å². The molecule has 0 aliphatic carbocycles. The van der Waals surface area contributed by atoms with Gasteiger partial charge in [-0.05, 0) is 69.3 Å². The number of thiol groups is 1. The zero-order valence-corrected chi connectivity index (χ0v) is 17.8. The number of benzene rings is 2. The van der Waals surface area contributed by atoms with Crippen molar-refractivity contribution in [3.63, 3.8) is 0 Å². The predicted molar refractivity (Wildman–Crippen MR) is 119 cm³/mol. The van der Waals surface area contributed by atoms with Gasteiger partial charge in [-0.2, -0.15) is 0 Å². The number of nitrogens with zero attached hydrogens (tertiary/aromatic N) is 1. The van der Waals surface area contributed by atoms with E-state index >= 15 is 0 Å². The van der Waals surface area contributed by atoms with Gasteiger partial charge >= 0.3 is 0 Å². The van der Waals surface area contributed by atoms with E-state index in [1.165, 1.54) is 37.7 Å². The molecule has 7 heteroatoms. The van der Waals surface area contributed by atoms with E-state index in [-0.39, 0.29) is 17.1 Å². The van der Waals surface area contributed by atoms with E-state index in [1.807, 2.05) is 31.2 Å². The summed E-state index contributed by atoms with van der Waals surface area (Å²) in [5.74, 6) is -0.168. The number of amides is 2. The van der Waals surface area contributed by atoms with Gasteiger partial charge in [-0.3, -0.25) is 9.59 Å². The summed E-state index contributed by atoms with van der Waals surface area (Å²) in [6.07, 6.45) is 2.78. The van der Waals surface area contributed by atoms with Gasteiger partial charge in [-0.25, -0.2) is 0 Å². The summed E-state index contributed by atoms with van der Waals surface area (Å²) < 4.78 is 0. The second kappa shape index (κ2) is 9.49. The summed E-state index contributed by atoms with van der Waals surface area (Å²) in [6, 6.07) is 12.7. The number of nitrogens with one attached hydrogen (secondary N) is 2. The molecule has 148 valence electrons. The highest BCUT2D eigenvalue weighted by Crippen LogP contribution is 2.38. The average molecular weight is 416 g/mol. The van der Waals surface area contributed by atoms with Gasteiger partial charge in [0.1, 0.15) is 0 Å². The van der Waals surface area contributed by atoms with Crippen LogP contribution in [0.25, 0.3) is 0 Å². The number of carbonyl (C=O) groups excluding carboxylic acids is 2. The molecule has 2 heterocycles. The molecule has 2 amide bonds. The Morgan fingerprint density at radius 3 is 2.61 bits per heavy atom. The summed E-state index contributed by atoms with van der Waals surface area (Å²) >= 11 is 5.78. The summed E-state index contributed by atoms with van der Waals surface area (Å²) in [5.41, 5.74) is 1.98. The van der Waals surface area contributed by atoms with Gasteiger partial charge in [0.25, 0.3) is 5.91 Å². The molecule has 0 aromatic heterocycles. The summed E-state index contributed by atoms with van der Waals surface area (Å²) in [6.45, 7) is 4.39. The van der Waals surface area contributed by atoms with E-state index in [4.69, 9.17) is 0 Å². The molecule has 1 atom stereocenters. The molecule has 0 spiro atoms. The second-order valence-corrected chi connectivity index (χ2v) is 8.70. The van der Waals surface area contributed by atoms with Crippen molar-refractivity contribution in [3.8, 4) is 0 Å². The van der Waals surface area contributed by atoms with E-state index in [2.05, 4.69) is 23.3 Å². The highest BCUT2D eigenvalue weighted by molar-refractivity contribution is 8.01. The lowest BCUT2D eigenvalue weighted by Crippen LogP contribution is -2.36. The Morgan fingerprint density at radius 1 is 1.21 bits per heavy atom. The lowest BCUT2D eigenvalue weighted by atomic mass is 10.1. The van der Waals surface area contributed by atoms with Crippen molar-refractivity contribution < 1.29 is 9.59 Å². The van der Waals surface area contributed by atoms with Gasteiger partial charge in [0.15, 0.2) is 0 Å². The zero-order valence-electron chi connectivity index (χ0n) is 16.1. The van der Waals surface area contributed by atoms with Crippen molar-refractivity contribution in [3.05, 3.63) is 48.0 Å². The zero-order chi connectivity index (χ0) is 20.1. The highest BCUT2D eigenvalue weighted by Gasteiger charge is 2.28.